The molecule has 2 rings (SSSR count). The van der Waals surface area contributed by atoms with E-state index in [0.29, 0.717) is 19.6 Å². The Bertz CT molecular complexity index is 981. The van der Waals surface area contributed by atoms with E-state index in [0.717, 1.165) is 23.2 Å². The minimum absolute atomic E-state index is 0.0470. The van der Waals surface area contributed by atoms with E-state index in [4.69, 9.17) is 24.7 Å². The first-order chi connectivity index (χ1) is 18.8. The van der Waals surface area contributed by atoms with Crippen molar-refractivity contribution in [3.8, 4) is 0 Å². The maximum absolute atomic E-state index is 13.0. The largest absolute Gasteiger partial charge is 0.479 e. The number of hydrogen-bond donors (Lipinski definition) is 2. The van der Waals surface area contributed by atoms with E-state index in [1.807, 2.05) is 60.7 Å². The molecule has 0 bridgehead atoms. The smallest absolute Gasteiger partial charge is 0.336 e. The van der Waals surface area contributed by atoms with Crippen molar-refractivity contribution >= 4 is 22.1 Å². The van der Waals surface area contributed by atoms with Crippen LogP contribution < -0.4 is 5.73 Å². The summed E-state index contributed by atoms with van der Waals surface area (Å²) in [6, 6.07) is 21.0. The summed E-state index contributed by atoms with van der Waals surface area (Å²) in [6.45, 7) is 14.8. The lowest BCUT2D eigenvalue weighted by atomic mass is 9.85. The first-order valence-electron chi connectivity index (χ1n) is 14.3. The number of ether oxygens (including phenoxy) is 4. The Kier molecular flexibility index (Phi) is 14.2. The van der Waals surface area contributed by atoms with E-state index in [2.05, 4.69) is 39.3 Å². The minimum Gasteiger partial charge on any atom is -0.479 e. The van der Waals surface area contributed by atoms with E-state index in [1.54, 1.807) is 0 Å². The maximum atomic E-state index is 13.0. The molecule has 2 unspecified atom stereocenters. The number of nitrogens with two attached hydrogens (primary N) is 1. The van der Waals surface area contributed by atoms with Crippen molar-refractivity contribution in [2.75, 3.05) is 26.8 Å². The molecule has 9 heteroatoms. The van der Waals surface area contributed by atoms with Gasteiger partial charge in [-0.15, -0.1) is 0 Å². The highest BCUT2D eigenvalue weighted by Crippen LogP contribution is 2.28. The van der Waals surface area contributed by atoms with Crippen molar-refractivity contribution in [3.05, 3.63) is 71.8 Å². The fraction of sp³-hybridized carbons (Fsp3) is 0.581. The van der Waals surface area contributed by atoms with Crippen LogP contribution in [0.3, 0.4) is 0 Å². The van der Waals surface area contributed by atoms with Crippen LogP contribution in [-0.4, -0.2) is 71.8 Å². The van der Waals surface area contributed by atoms with Gasteiger partial charge in [-0.1, -0.05) is 99.9 Å². The SMILES string of the molecule is C[Si](C)(C)CCOCOC(CC(Cc1ccccc1)(OCOCC[Si](C)(C)C)C(=O)O)[C@@H](N)Cc1ccccc1. The lowest BCUT2D eigenvalue weighted by Gasteiger charge is -2.35. The number of carboxylic acid groups (broad SMARTS) is 1. The van der Waals surface area contributed by atoms with Gasteiger partial charge in [0.15, 0.2) is 5.60 Å². The van der Waals surface area contributed by atoms with Crippen LogP contribution in [0.1, 0.15) is 17.5 Å². The van der Waals surface area contributed by atoms with Crippen molar-refractivity contribution in [1.82, 2.24) is 0 Å². The summed E-state index contributed by atoms with van der Waals surface area (Å²) in [7, 11) is -2.54. The summed E-state index contributed by atoms with van der Waals surface area (Å²) in [5.41, 5.74) is 7.04. The normalized spacial score (nSPS) is 15.4. The Balaban J connectivity index is 2.25. The lowest BCUT2D eigenvalue weighted by molar-refractivity contribution is -0.197. The molecule has 2 aromatic rings. The standard InChI is InChI=1S/C31H51NO6Si2/c1-39(2,3)19-17-35-24-37-29(28(32)21-26-13-9-7-10-14-26)23-31(30(33)34,22-27-15-11-8-12-16-27)38-25-36-18-20-40(4,5)6/h7-16,28-29H,17-25,32H2,1-6H3,(H,33,34)/t28-,29?,31?/m0/s1. The number of hydrogen-bond acceptors (Lipinski definition) is 6. The summed E-state index contributed by atoms with van der Waals surface area (Å²) in [5.74, 6) is -1.06. The number of carbonyl (C=O) groups is 1. The summed E-state index contributed by atoms with van der Waals surface area (Å²) in [5, 5.41) is 10.6. The number of aliphatic carboxylic acids is 1. The first kappa shape index (κ1) is 34.3. The van der Waals surface area contributed by atoms with Gasteiger partial charge in [0.25, 0.3) is 0 Å². The molecule has 0 heterocycles. The fourth-order valence-corrected chi connectivity index (χ4v) is 5.69. The van der Waals surface area contributed by atoms with E-state index in [1.165, 1.54) is 0 Å². The third kappa shape index (κ3) is 13.7. The topological polar surface area (TPSA) is 100 Å². The highest BCUT2D eigenvalue weighted by molar-refractivity contribution is 6.76. The van der Waals surface area contributed by atoms with Crippen LogP contribution in [0.4, 0.5) is 0 Å². The van der Waals surface area contributed by atoms with Crippen LogP contribution in [-0.2, 0) is 36.6 Å². The molecule has 0 aromatic heterocycles. The molecule has 0 amide bonds. The Hall–Kier alpha value is -1.86. The van der Waals surface area contributed by atoms with Crippen molar-refractivity contribution in [1.29, 1.82) is 0 Å². The van der Waals surface area contributed by atoms with Gasteiger partial charge >= 0.3 is 5.97 Å². The zero-order valence-electron chi connectivity index (χ0n) is 25.4. The van der Waals surface area contributed by atoms with Gasteiger partial charge in [-0.3, -0.25) is 0 Å². The monoisotopic (exact) mass is 589 g/mol. The van der Waals surface area contributed by atoms with Gasteiger partial charge < -0.3 is 29.8 Å². The average Bonchev–Trinajstić information content (AvgIpc) is 2.87. The highest BCUT2D eigenvalue weighted by Gasteiger charge is 2.44. The molecule has 0 aliphatic heterocycles. The zero-order chi connectivity index (χ0) is 29.7. The summed E-state index contributed by atoms with van der Waals surface area (Å²) < 4.78 is 24.0. The molecular weight excluding hydrogens is 539 g/mol. The molecule has 0 aliphatic carbocycles. The van der Waals surface area contributed by atoms with Crippen LogP contribution in [0.5, 0.6) is 0 Å². The Labute approximate surface area is 243 Å². The van der Waals surface area contributed by atoms with Gasteiger partial charge in [0.2, 0.25) is 0 Å². The predicted octanol–water partition coefficient (Wildman–Crippen LogP) is 6.04. The van der Waals surface area contributed by atoms with Crippen LogP contribution >= 0.6 is 0 Å². The molecule has 7 nitrogen and oxygen atoms in total. The lowest BCUT2D eigenvalue weighted by Crippen LogP contribution is -2.51. The fourth-order valence-electron chi connectivity index (χ4n) is 4.17. The van der Waals surface area contributed by atoms with Gasteiger partial charge in [-0.2, -0.15) is 0 Å². The van der Waals surface area contributed by atoms with Gasteiger partial charge in [-0.25, -0.2) is 4.79 Å². The molecule has 0 spiro atoms. The highest BCUT2D eigenvalue weighted by atomic mass is 28.3. The molecule has 3 N–H and O–H groups in total. The van der Waals surface area contributed by atoms with Crippen molar-refractivity contribution in [2.24, 2.45) is 5.73 Å². The zero-order valence-corrected chi connectivity index (χ0v) is 27.4. The summed E-state index contributed by atoms with van der Waals surface area (Å²) >= 11 is 0. The molecular formula is C31H51NO6Si2. The van der Waals surface area contributed by atoms with Gasteiger partial charge in [0.05, 0.1) is 6.10 Å². The van der Waals surface area contributed by atoms with Crippen LogP contribution in [0, 0.1) is 0 Å². The predicted molar refractivity (Wildman–Crippen MR) is 167 cm³/mol. The van der Waals surface area contributed by atoms with E-state index in [-0.39, 0.29) is 26.4 Å². The van der Waals surface area contributed by atoms with E-state index in [9.17, 15) is 9.90 Å². The molecule has 0 aliphatic rings. The average molecular weight is 590 g/mol. The second kappa shape index (κ2) is 16.6. The molecule has 40 heavy (non-hydrogen) atoms. The van der Waals surface area contributed by atoms with Crippen LogP contribution in [0.15, 0.2) is 60.7 Å². The van der Waals surface area contributed by atoms with E-state index >= 15 is 0 Å². The molecule has 0 saturated heterocycles. The van der Waals surface area contributed by atoms with Crippen molar-refractivity contribution < 1.29 is 28.8 Å². The second-order valence-electron chi connectivity index (χ2n) is 13.0. The molecule has 0 radical (unpaired) electrons. The van der Waals surface area contributed by atoms with E-state index < -0.39 is 39.9 Å². The third-order valence-electron chi connectivity index (χ3n) is 6.82. The van der Waals surface area contributed by atoms with Crippen LogP contribution in [0.2, 0.25) is 51.4 Å². The Morgan fingerprint density at radius 1 is 0.825 bits per heavy atom. The minimum atomic E-state index is -1.59. The summed E-state index contributed by atoms with van der Waals surface area (Å²) in [6.07, 6.45) is 0.136. The summed E-state index contributed by atoms with van der Waals surface area (Å²) in [4.78, 5) is 13.0. The number of benzene rings is 2. The van der Waals surface area contributed by atoms with Crippen LogP contribution in [0.25, 0.3) is 0 Å². The Morgan fingerprint density at radius 3 is 1.82 bits per heavy atom. The van der Waals surface area contributed by atoms with Gasteiger partial charge in [0, 0.05) is 48.2 Å². The molecule has 0 saturated carbocycles. The van der Waals surface area contributed by atoms with Gasteiger partial charge in [-0.05, 0) is 29.6 Å². The number of carboxylic acids is 1. The van der Waals surface area contributed by atoms with Crippen molar-refractivity contribution in [3.63, 3.8) is 0 Å². The third-order valence-corrected chi connectivity index (χ3v) is 10.2. The molecule has 0 fully saturated rings. The molecule has 3 atom stereocenters. The second-order valence-corrected chi connectivity index (χ2v) is 24.3. The Morgan fingerprint density at radius 2 is 1.32 bits per heavy atom. The quantitative estimate of drug-likeness (QED) is 0.110. The molecule has 224 valence electrons. The molecule has 2 aromatic carbocycles. The van der Waals surface area contributed by atoms with Gasteiger partial charge in [0.1, 0.15) is 13.6 Å². The number of rotatable bonds is 20. The maximum Gasteiger partial charge on any atom is 0.336 e. The first-order valence-corrected chi connectivity index (χ1v) is 21.7. The van der Waals surface area contributed by atoms with Crippen molar-refractivity contribution in [2.45, 2.75) is 88.4 Å².